The van der Waals surface area contributed by atoms with Crippen molar-refractivity contribution in [3.05, 3.63) is 0 Å². The molecular weight excluding hydrogens is 225 g/mol. The lowest BCUT2D eigenvalue weighted by atomic mass is 11.8. The average molecular weight is 229 g/mol. The zero-order chi connectivity index (χ0) is 8.41. The van der Waals surface area contributed by atoms with Crippen LogP contribution in [0.1, 0.15) is 0 Å². The summed E-state index contributed by atoms with van der Waals surface area (Å²) < 4.78 is 28.3. The fraction of sp³-hybridized carbons (Fsp3) is 1.00. The first-order chi connectivity index (χ1) is 4.27. The lowest BCUT2D eigenvalue weighted by Gasteiger charge is -2.07. The molecule has 10 heavy (non-hydrogen) atoms. The van der Waals surface area contributed by atoms with Crippen molar-refractivity contribution in [2.45, 2.75) is 0 Å². The molecule has 0 aliphatic rings. The molecule has 0 spiro atoms. The molecule has 0 aromatic heterocycles. The second kappa shape index (κ2) is 3.55. The summed E-state index contributed by atoms with van der Waals surface area (Å²) in [5.74, 6) is 0. The summed E-state index contributed by atoms with van der Waals surface area (Å²) in [6.45, 7) is 0. The minimum Gasteiger partial charge on any atom is -0.302 e. The van der Waals surface area contributed by atoms with Crippen molar-refractivity contribution in [2.75, 3.05) is 7.11 Å². The highest BCUT2D eigenvalue weighted by Gasteiger charge is 2.30. The molecule has 9 heteroatoms. The molecule has 0 heterocycles. The molecular formula is CH4Cl2O5P2. The zero-order valence-corrected chi connectivity index (χ0v) is 8.03. The predicted octanol–water partition coefficient (Wildman–Crippen LogP) is 2.34. The van der Waals surface area contributed by atoms with Gasteiger partial charge >= 0.3 is 13.9 Å². The van der Waals surface area contributed by atoms with E-state index in [1.165, 1.54) is 0 Å². The van der Waals surface area contributed by atoms with Gasteiger partial charge in [-0.2, -0.15) is 0 Å². The molecule has 0 aliphatic carbocycles. The van der Waals surface area contributed by atoms with Gasteiger partial charge in [0, 0.05) is 7.11 Å². The number of halogens is 2. The largest absolute Gasteiger partial charge is 0.479 e. The number of phosphoric acid groups is 1. The molecule has 0 rings (SSSR count). The maximum absolute atomic E-state index is 10.4. The SMILES string of the molecule is COP(=O)(O)OP(=O)(Cl)Cl. The van der Waals surface area contributed by atoms with E-state index in [0.717, 1.165) is 7.11 Å². The molecule has 0 aromatic rings. The minimum atomic E-state index is -4.32. The van der Waals surface area contributed by atoms with Crippen LogP contribution in [0.4, 0.5) is 0 Å². The Morgan fingerprint density at radius 2 is 1.80 bits per heavy atom. The average Bonchev–Trinajstić information content (AvgIpc) is 1.60. The van der Waals surface area contributed by atoms with Gasteiger partial charge in [-0.15, -0.1) is 0 Å². The van der Waals surface area contributed by atoms with Crippen LogP contribution in [-0.2, 0) is 18.0 Å². The third kappa shape index (κ3) is 5.69. The highest BCUT2D eigenvalue weighted by atomic mass is 35.9. The predicted molar refractivity (Wildman–Crippen MR) is 37.2 cm³/mol. The van der Waals surface area contributed by atoms with Crippen molar-refractivity contribution < 1.29 is 22.9 Å². The first-order valence-corrected chi connectivity index (χ1v) is 6.79. The molecule has 5 nitrogen and oxygen atoms in total. The van der Waals surface area contributed by atoms with Gasteiger partial charge in [-0.05, 0) is 22.5 Å². The molecule has 0 saturated heterocycles. The summed E-state index contributed by atoms with van der Waals surface area (Å²) in [6, 6.07) is 0. The molecule has 62 valence electrons. The van der Waals surface area contributed by atoms with Gasteiger partial charge in [-0.3, -0.25) is 9.09 Å². The number of rotatable bonds is 3. The van der Waals surface area contributed by atoms with Crippen molar-refractivity contribution in [3.63, 3.8) is 0 Å². The topological polar surface area (TPSA) is 72.8 Å². The second-order valence-electron chi connectivity index (χ2n) is 1.15. The Morgan fingerprint density at radius 1 is 1.40 bits per heavy atom. The number of hydrogen-bond acceptors (Lipinski definition) is 4. The summed E-state index contributed by atoms with van der Waals surface area (Å²) in [6.07, 6.45) is -4.00. The third-order valence-corrected chi connectivity index (χ3v) is 3.59. The standard InChI is InChI=1S/CH4Cl2O5P2/c1-7-10(5,6)8-9(2,3)4/h1H3,(H,5,6). The molecule has 1 unspecified atom stereocenters. The quantitative estimate of drug-likeness (QED) is 0.751. The van der Waals surface area contributed by atoms with Gasteiger partial charge in [0.1, 0.15) is 0 Å². The zero-order valence-electron chi connectivity index (χ0n) is 4.73. The summed E-state index contributed by atoms with van der Waals surface area (Å²) >= 11 is 9.57. The fourth-order valence-corrected chi connectivity index (χ4v) is 2.79. The molecule has 0 radical (unpaired) electrons. The number of phosphoric ester groups is 1. The van der Waals surface area contributed by atoms with Gasteiger partial charge in [0.25, 0.3) is 0 Å². The lowest BCUT2D eigenvalue weighted by molar-refractivity contribution is 0.248. The molecule has 1 N–H and O–H groups in total. The first kappa shape index (κ1) is 10.9. The Labute approximate surface area is 66.9 Å². The van der Waals surface area contributed by atoms with Crippen molar-refractivity contribution in [3.8, 4) is 0 Å². The van der Waals surface area contributed by atoms with Gasteiger partial charge in [0.15, 0.2) is 0 Å². The van der Waals surface area contributed by atoms with Crippen molar-refractivity contribution in [1.29, 1.82) is 0 Å². The third-order valence-electron chi connectivity index (χ3n) is 0.429. The first-order valence-electron chi connectivity index (χ1n) is 1.86. The Hall–Kier alpha value is 0.920. The van der Waals surface area contributed by atoms with E-state index in [4.69, 9.17) is 27.4 Å². The van der Waals surface area contributed by atoms with Gasteiger partial charge in [0.2, 0.25) is 0 Å². The van der Waals surface area contributed by atoms with E-state index >= 15 is 0 Å². The Balaban J connectivity index is 4.17. The molecule has 0 fully saturated rings. The molecule has 0 amide bonds. The minimum absolute atomic E-state index is 0.893. The Kier molecular flexibility index (Phi) is 3.87. The highest BCUT2D eigenvalue weighted by Crippen LogP contribution is 2.68. The summed E-state index contributed by atoms with van der Waals surface area (Å²) in [5.41, 5.74) is 0. The lowest BCUT2D eigenvalue weighted by Crippen LogP contribution is -1.83. The van der Waals surface area contributed by atoms with Crippen LogP contribution >= 0.6 is 36.4 Å². The molecule has 1 atom stereocenters. The summed E-state index contributed by atoms with van der Waals surface area (Å²) in [4.78, 5) is 8.43. The van der Waals surface area contributed by atoms with Crippen molar-refractivity contribution in [2.24, 2.45) is 0 Å². The monoisotopic (exact) mass is 228 g/mol. The summed E-state index contributed by atoms with van der Waals surface area (Å²) in [7, 11) is -3.43. The fourth-order valence-electron chi connectivity index (χ4n) is 0.153. The van der Waals surface area contributed by atoms with Crippen LogP contribution in [0.25, 0.3) is 0 Å². The van der Waals surface area contributed by atoms with Crippen LogP contribution in [0.5, 0.6) is 0 Å². The Morgan fingerprint density at radius 3 is 1.90 bits per heavy atom. The van der Waals surface area contributed by atoms with E-state index in [-0.39, 0.29) is 0 Å². The normalized spacial score (nSPS) is 18.4. The van der Waals surface area contributed by atoms with Crippen LogP contribution in [0.2, 0.25) is 0 Å². The maximum Gasteiger partial charge on any atom is 0.479 e. The van der Waals surface area contributed by atoms with E-state index in [9.17, 15) is 9.13 Å². The van der Waals surface area contributed by atoms with Crippen molar-refractivity contribution in [1.82, 2.24) is 0 Å². The van der Waals surface area contributed by atoms with Gasteiger partial charge in [-0.25, -0.2) is 8.88 Å². The van der Waals surface area contributed by atoms with E-state index < -0.39 is 13.9 Å². The Bertz CT molecular complexity index is 196. The van der Waals surface area contributed by atoms with E-state index in [1.807, 2.05) is 0 Å². The van der Waals surface area contributed by atoms with Gasteiger partial charge in [0.05, 0.1) is 0 Å². The van der Waals surface area contributed by atoms with E-state index in [1.54, 1.807) is 0 Å². The summed E-state index contributed by atoms with van der Waals surface area (Å²) in [5, 5.41) is 0. The molecule has 0 bridgehead atoms. The van der Waals surface area contributed by atoms with Crippen LogP contribution in [0, 0.1) is 0 Å². The second-order valence-corrected chi connectivity index (χ2v) is 7.12. The van der Waals surface area contributed by atoms with Crippen LogP contribution in [0.15, 0.2) is 0 Å². The van der Waals surface area contributed by atoms with Crippen LogP contribution in [0.3, 0.4) is 0 Å². The van der Waals surface area contributed by atoms with E-state index in [0.29, 0.717) is 0 Å². The highest BCUT2D eigenvalue weighted by molar-refractivity contribution is 8.07. The van der Waals surface area contributed by atoms with Gasteiger partial charge in [-0.1, -0.05) is 0 Å². The van der Waals surface area contributed by atoms with Gasteiger partial charge < -0.3 is 4.89 Å². The van der Waals surface area contributed by atoms with Crippen LogP contribution in [-0.4, -0.2) is 12.0 Å². The van der Waals surface area contributed by atoms with E-state index in [2.05, 4.69) is 8.83 Å². The van der Waals surface area contributed by atoms with Crippen LogP contribution < -0.4 is 0 Å². The molecule has 0 aliphatic heterocycles. The maximum atomic E-state index is 10.4. The molecule has 0 saturated carbocycles. The van der Waals surface area contributed by atoms with Crippen molar-refractivity contribution >= 4 is 36.4 Å². The smallest absolute Gasteiger partial charge is 0.302 e. The molecule has 0 aromatic carbocycles. The number of hydrogen-bond donors (Lipinski definition) is 1.